The highest BCUT2D eigenvalue weighted by Crippen LogP contribution is 2.40. The highest BCUT2D eigenvalue weighted by atomic mass is 16.4. The van der Waals surface area contributed by atoms with Gasteiger partial charge in [0.25, 0.3) is 5.91 Å². The van der Waals surface area contributed by atoms with E-state index in [1.54, 1.807) is 0 Å². The molecule has 20 heavy (non-hydrogen) atoms. The number of rotatable bonds is 5. The second kappa shape index (κ2) is 5.00. The Kier molecular flexibility index (Phi) is 3.18. The predicted octanol–water partition coefficient (Wildman–Crippen LogP) is 2.01. The van der Waals surface area contributed by atoms with E-state index in [1.807, 2.05) is 30.3 Å². The van der Waals surface area contributed by atoms with E-state index in [9.17, 15) is 9.59 Å². The molecule has 104 valence electrons. The Hall–Kier alpha value is -2.30. The fraction of sp³-hybridized carbons (Fsp3) is 0.333. The van der Waals surface area contributed by atoms with Crippen LogP contribution in [0.1, 0.15) is 23.3 Å². The third-order valence-corrected chi connectivity index (χ3v) is 3.82. The average molecular weight is 272 g/mol. The monoisotopic (exact) mass is 272 g/mol. The van der Waals surface area contributed by atoms with Crippen LogP contribution in [0.3, 0.4) is 0 Å². The minimum absolute atomic E-state index is 0.145. The van der Waals surface area contributed by atoms with Gasteiger partial charge >= 0.3 is 5.97 Å². The molecule has 2 aromatic rings. The van der Waals surface area contributed by atoms with Crippen LogP contribution in [0.2, 0.25) is 0 Å². The Morgan fingerprint density at radius 1 is 1.35 bits per heavy atom. The molecule has 5 nitrogen and oxygen atoms in total. The number of hydrogen-bond acceptors (Lipinski definition) is 2. The van der Waals surface area contributed by atoms with Crippen molar-refractivity contribution in [2.24, 2.45) is 11.8 Å². The van der Waals surface area contributed by atoms with E-state index in [4.69, 9.17) is 5.11 Å². The average Bonchev–Trinajstić information content (AvgIpc) is 3.08. The number of fused-ring (bicyclic) bond motifs is 1. The lowest BCUT2D eigenvalue weighted by atomic mass is 10.2. The minimum Gasteiger partial charge on any atom is -0.481 e. The van der Waals surface area contributed by atoms with Gasteiger partial charge in [-0.25, -0.2) is 0 Å². The molecule has 0 radical (unpaired) electrons. The Morgan fingerprint density at radius 2 is 2.15 bits per heavy atom. The maximum absolute atomic E-state index is 12.0. The lowest BCUT2D eigenvalue weighted by Crippen LogP contribution is -2.25. The van der Waals surface area contributed by atoms with Gasteiger partial charge in [0.05, 0.1) is 5.92 Å². The normalized spacial score (nSPS) is 20.8. The summed E-state index contributed by atoms with van der Waals surface area (Å²) in [6.07, 6.45) is 1.46. The molecule has 0 spiro atoms. The van der Waals surface area contributed by atoms with Gasteiger partial charge in [-0.3, -0.25) is 9.59 Å². The van der Waals surface area contributed by atoms with Crippen molar-refractivity contribution in [1.29, 1.82) is 0 Å². The van der Waals surface area contributed by atoms with E-state index in [-0.39, 0.29) is 17.7 Å². The topological polar surface area (TPSA) is 82.2 Å². The Labute approximate surface area is 116 Å². The van der Waals surface area contributed by atoms with Crippen LogP contribution >= 0.6 is 0 Å². The van der Waals surface area contributed by atoms with Crippen LogP contribution in [0.15, 0.2) is 30.3 Å². The highest BCUT2D eigenvalue weighted by Gasteiger charge is 2.42. The zero-order chi connectivity index (χ0) is 14.1. The summed E-state index contributed by atoms with van der Waals surface area (Å²) in [6, 6.07) is 9.54. The molecule has 0 aliphatic heterocycles. The van der Waals surface area contributed by atoms with E-state index < -0.39 is 5.97 Å². The maximum atomic E-state index is 12.0. The summed E-state index contributed by atoms with van der Waals surface area (Å²) in [4.78, 5) is 25.7. The number of amides is 1. The number of aromatic nitrogens is 1. The molecule has 5 heteroatoms. The van der Waals surface area contributed by atoms with Gasteiger partial charge in [0.15, 0.2) is 0 Å². The zero-order valence-electron chi connectivity index (χ0n) is 10.9. The number of nitrogens with one attached hydrogen (secondary N) is 2. The van der Waals surface area contributed by atoms with Crippen LogP contribution < -0.4 is 5.32 Å². The zero-order valence-corrected chi connectivity index (χ0v) is 10.9. The number of benzene rings is 1. The maximum Gasteiger partial charge on any atom is 0.306 e. The summed E-state index contributed by atoms with van der Waals surface area (Å²) in [5.41, 5.74) is 1.47. The first-order valence-corrected chi connectivity index (χ1v) is 6.74. The lowest BCUT2D eigenvalue weighted by molar-refractivity contribution is -0.138. The molecular weight excluding hydrogens is 256 g/mol. The van der Waals surface area contributed by atoms with Crippen LogP contribution in [0.25, 0.3) is 10.9 Å². The highest BCUT2D eigenvalue weighted by molar-refractivity contribution is 5.97. The van der Waals surface area contributed by atoms with Crippen molar-refractivity contribution < 1.29 is 14.7 Å². The summed E-state index contributed by atoms with van der Waals surface area (Å²) in [5, 5.41) is 12.6. The molecule has 0 bridgehead atoms. The molecule has 3 rings (SSSR count). The van der Waals surface area contributed by atoms with E-state index in [0.717, 1.165) is 23.7 Å². The third-order valence-electron chi connectivity index (χ3n) is 3.82. The van der Waals surface area contributed by atoms with E-state index in [0.29, 0.717) is 12.2 Å². The minimum atomic E-state index is -0.725. The predicted molar refractivity (Wildman–Crippen MR) is 74.5 cm³/mol. The Balaban J connectivity index is 1.53. The van der Waals surface area contributed by atoms with Crippen molar-refractivity contribution in [3.8, 4) is 0 Å². The molecule has 1 amide bonds. The molecule has 0 saturated heterocycles. The van der Waals surface area contributed by atoms with Crippen molar-refractivity contribution >= 4 is 22.8 Å². The molecule has 1 aromatic heterocycles. The number of carbonyl (C=O) groups is 2. The van der Waals surface area contributed by atoms with Gasteiger partial charge in [-0.2, -0.15) is 0 Å². The first kappa shape index (κ1) is 12.7. The Bertz CT molecular complexity index is 629. The van der Waals surface area contributed by atoms with Gasteiger partial charge in [-0.1, -0.05) is 18.2 Å². The number of para-hydroxylation sites is 1. The lowest BCUT2D eigenvalue weighted by Gasteiger charge is -2.02. The quantitative estimate of drug-likeness (QED) is 0.778. The summed E-state index contributed by atoms with van der Waals surface area (Å²) in [5.74, 6) is -0.860. The van der Waals surface area contributed by atoms with Crippen LogP contribution in [0.5, 0.6) is 0 Å². The molecule has 1 fully saturated rings. The molecular formula is C15H16N2O3. The standard InChI is InChI=1S/C15H16N2O3/c18-14(16-6-5-9-7-11(9)15(19)20)13-8-10-3-1-2-4-12(10)17-13/h1-4,8-9,11,17H,5-7H2,(H,16,18)(H,19,20)/t9-,11-/m1/s1. The number of carboxylic acid groups (broad SMARTS) is 1. The number of carbonyl (C=O) groups excluding carboxylic acids is 1. The molecule has 1 aromatic carbocycles. The molecule has 1 saturated carbocycles. The van der Waals surface area contributed by atoms with Crippen LogP contribution in [-0.4, -0.2) is 28.5 Å². The van der Waals surface area contributed by atoms with Crippen molar-refractivity contribution in [3.63, 3.8) is 0 Å². The van der Waals surface area contributed by atoms with Crippen molar-refractivity contribution in [2.45, 2.75) is 12.8 Å². The number of carboxylic acids is 1. The molecule has 2 atom stereocenters. The van der Waals surface area contributed by atoms with Crippen LogP contribution in [0, 0.1) is 11.8 Å². The first-order chi connectivity index (χ1) is 9.65. The van der Waals surface area contributed by atoms with Crippen molar-refractivity contribution in [1.82, 2.24) is 10.3 Å². The Morgan fingerprint density at radius 3 is 2.85 bits per heavy atom. The second-order valence-electron chi connectivity index (χ2n) is 5.26. The summed E-state index contributed by atoms with van der Waals surface area (Å²) in [7, 11) is 0. The van der Waals surface area contributed by atoms with Crippen LogP contribution in [-0.2, 0) is 4.79 Å². The fourth-order valence-electron chi connectivity index (χ4n) is 2.53. The first-order valence-electron chi connectivity index (χ1n) is 6.74. The third kappa shape index (κ3) is 2.52. The molecule has 1 aliphatic carbocycles. The second-order valence-corrected chi connectivity index (χ2v) is 5.26. The van der Waals surface area contributed by atoms with Gasteiger partial charge in [-0.05, 0) is 30.9 Å². The van der Waals surface area contributed by atoms with Gasteiger partial charge < -0.3 is 15.4 Å². The van der Waals surface area contributed by atoms with Gasteiger partial charge in [-0.15, -0.1) is 0 Å². The van der Waals surface area contributed by atoms with Crippen LogP contribution in [0.4, 0.5) is 0 Å². The number of aromatic amines is 1. The molecule has 1 aliphatic rings. The summed E-state index contributed by atoms with van der Waals surface area (Å²) in [6.45, 7) is 0.517. The molecule has 3 N–H and O–H groups in total. The largest absolute Gasteiger partial charge is 0.481 e. The number of hydrogen-bond donors (Lipinski definition) is 3. The van der Waals surface area contributed by atoms with Gasteiger partial charge in [0.1, 0.15) is 5.69 Å². The van der Waals surface area contributed by atoms with Gasteiger partial charge in [0, 0.05) is 17.4 Å². The fourth-order valence-corrected chi connectivity index (χ4v) is 2.53. The van der Waals surface area contributed by atoms with E-state index in [1.165, 1.54) is 0 Å². The van der Waals surface area contributed by atoms with E-state index >= 15 is 0 Å². The van der Waals surface area contributed by atoms with Crippen molar-refractivity contribution in [3.05, 3.63) is 36.0 Å². The molecule has 0 unspecified atom stereocenters. The number of H-pyrrole nitrogens is 1. The number of aliphatic carboxylic acids is 1. The van der Waals surface area contributed by atoms with Crippen molar-refractivity contribution in [2.75, 3.05) is 6.54 Å². The van der Waals surface area contributed by atoms with E-state index in [2.05, 4.69) is 10.3 Å². The SMILES string of the molecule is O=C(NCC[C@@H]1C[C@H]1C(=O)O)c1cc2ccccc2[nH]1. The smallest absolute Gasteiger partial charge is 0.306 e. The van der Waals surface area contributed by atoms with Gasteiger partial charge in [0.2, 0.25) is 0 Å². The summed E-state index contributed by atoms with van der Waals surface area (Å²) < 4.78 is 0. The summed E-state index contributed by atoms with van der Waals surface area (Å²) >= 11 is 0. The molecule has 1 heterocycles.